The molecule has 0 spiro atoms. The Morgan fingerprint density at radius 1 is 1.11 bits per heavy atom. The van der Waals surface area contributed by atoms with Crippen molar-refractivity contribution < 1.29 is 34.2 Å². The molecule has 1 aliphatic rings. The predicted octanol–water partition coefficient (Wildman–Crippen LogP) is -0.674. The number of aliphatic carboxylic acids is 1. The lowest BCUT2D eigenvalue weighted by atomic mass is 10.0. The molecular weight excluding hydrogens is 502 g/mol. The number of thioether (sulfide) groups is 1. The molecule has 4 unspecified atom stereocenters. The Kier molecular flexibility index (Phi) is 11.7. The topological polar surface area (TPSA) is 205 Å². The quantitative estimate of drug-likeness (QED) is 0.178. The van der Waals surface area contributed by atoms with Gasteiger partial charge in [0.1, 0.15) is 23.9 Å². The summed E-state index contributed by atoms with van der Waals surface area (Å²) in [7, 11) is 0. The van der Waals surface area contributed by atoms with Gasteiger partial charge in [-0.25, -0.2) is 4.79 Å². The average molecular weight is 538 g/mol. The number of hydrogen-bond donors (Lipinski definition) is 6. The molecule has 2 rings (SSSR count). The number of aromatic hydroxyl groups is 1. The Balaban J connectivity index is 2.12. The van der Waals surface area contributed by atoms with Gasteiger partial charge in [-0.2, -0.15) is 11.8 Å². The summed E-state index contributed by atoms with van der Waals surface area (Å²) in [5.41, 5.74) is 11.8. The van der Waals surface area contributed by atoms with E-state index in [-0.39, 0.29) is 31.6 Å². The Bertz CT molecular complexity index is 975. The Hall–Kier alpha value is -3.32. The molecule has 4 atom stereocenters. The molecule has 1 fully saturated rings. The Morgan fingerprint density at radius 2 is 1.78 bits per heavy atom. The fourth-order valence-electron chi connectivity index (χ4n) is 4.04. The van der Waals surface area contributed by atoms with Crippen LogP contribution in [0.15, 0.2) is 24.3 Å². The van der Waals surface area contributed by atoms with Crippen LogP contribution in [-0.2, 0) is 30.4 Å². The smallest absolute Gasteiger partial charge is 0.326 e. The van der Waals surface area contributed by atoms with Crippen LogP contribution in [0.1, 0.15) is 37.7 Å². The first kappa shape index (κ1) is 29.9. The predicted molar refractivity (Wildman–Crippen MR) is 137 cm³/mol. The molecule has 1 aliphatic heterocycles. The minimum atomic E-state index is -1.26. The van der Waals surface area contributed by atoms with Crippen molar-refractivity contribution in [3.05, 3.63) is 29.8 Å². The molecule has 0 aromatic heterocycles. The van der Waals surface area contributed by atoms with E-state index >= 15 is 0 Å². The fraction of sp³-hybridized carbons (Fsp3) is 0.542. The van der Waals surface area contributed by atoms with E-state index in [4.69, 9.17) is 11.5 Å². The second kappa shape index (κ2) is 14.4. The van der Waals surface area contributed by atoms with Gasteiger partial charge in [0.2, 0.25) is 23.6 Å². The standard InChI is InChI=1S/C24H35N5O7S/c1-37-12-10-16(25)21(32)27-17(8-9-20(26)31)23(34)29-11-2-3-19(29)22(33)28-18(24(35)36)13-14-4-6-15(30)7-5-14/h4-7,16-19,30H,2-3,8-13,25H2,1H3,(H2,26,31)(H,27,32)(H,28,33)(H,35,36). The number of carbonyl (C=O) groups is 5. The van der Waals surface area contributed by atoms with Gasteiger partial charge >= 0.3 is 5.97 Å². The number of benzene rings is 1. The zero-order valence-corrected chi connectivity index (χ0v) is 21.5. The molecule has 204 valence electrons. The molecule has 12 nitrogen and oxygen atoms in total. The lowest BCUT2D eigenvalue weighted by molar-refractivity contribution is -0.145. The van der Waals surface area contributed by atoms with Crippen LogP contribution in [0.3, 0.4) is 0 Å². The van der Waals surface area contributed by atoms with Crippen LogP contribution in [0.4, 0.5) is 0 Å². The van der Waals surface area contributed by atoms with Crippen molar-refractivity contribution in [2.75, 3.05) is 18.6 Å². The highest BCUT2D eigenvalue weighted by molar-refractivity contribution is 7.98. The van der Waals surface area contributed by atoms with Crippen molar-refractivity contribution in [2.24, 2.45) is 11.5 Å². The zero-order valence-electron chi connectivity index (χ0n) is 20.7. The fourth-order valence-corrected chi connectivity index (χ4v) is 4.53. The van der Waals surface area contributed by atoms with E-state index in [0.717, 1.165) is 0 Å². The van der Waals surface area contributed by atoms with Crippen LogP contribution in [-0.4, -0.2) is 87.4 Å². The highest BCUT2D eigenvalue weighted by atomic mass is 32.2. The summed E-state index contributed by atoms with van der Waals surface area (Å²) >= 11 is 1.52. The highest BCUT2D eigenvalue weighted by Gasteiger charge is 2.39. The van der Waals surface area contributed by atoms with Crippen LogP contribution in [0.25, 0.3) is 0 Å². The van der Waals surface area contributed by atoms with Gasteiger partial charge in [0.15, 0.2) is 0 Å². The first-order valence-corrected chi connectivity index (χ1v) is 13.4. The number of carboxylic acid groups (broad SMARTS) is 1. The first-order valence-electron chi connectivity index (χ1n) is 12.0. The van der Waals surface area contributed by atoms with E-state index in [2.05, 4.69) is 10.6 Å². The van der Waals surface area contributed by atoms with Crippen LogP contribution in [0.5, 0.6) is 5.75 Å². The number of nitrogens with zero attached hydrogens (tertiary/aromatic N) is 1. The first-order chi connectivity index (χ1) is 17.5. The second-order valence-corrected chi connectivity index (χ2v) is 9.90. The summed E-state index contributed by atoms with van der Waals surface area (Å²) in [6, 6.07) is 1.80. The molecule has 1 aromatic carbocycles. The maximum Gasteiger partial charge on any atom is 0.326 e. The van der Waals surface area contributed by atoms with Crippen molar-refractivity contribution >= 4 is 41.4 Å². The van der Waals surface area contributed by atoms with Crippen molar-refractivity contribution in [2.45, 2.75) is 62.7 Å². The molecular formula is C24H35N5O7S. The zero-order chi connectivity index (χ0) is 27.5. The van der Waals surface area contributed by atoms with E-state index in [1.807, 2.05) is 6.26 Å². The van der Waals surface area contributed by atoms with E-state index < -0.39 is 53.8 Å². The third-order valence-corrected chi connectivity index (χ3v) is 6.74. The number of phenols is 1. The molecule has 0 bridgehead atoms. The number of phenolic OH excluding ortho intramolecular Hbond substituents is 1. The molecule has 13 heteroatoms. The molecule has 0 saturated carbocycles. The van der Waals surface area contributed by atoms with Gasteiger partial charge in [-0.3, -0.25) is 19.2 Å². The minimum Gasteiger partial charge on any atom is -0.508 e. The molecule has 1 aromatic rings. The Morgan fingerprint density at radius 3 is 2.38 bits per heavy atom. The van der Waals surface area contributed by atoms with Crippen LogP contribution < -0.4 is 22.1 Å². The number of primary amides is 1. The van der Waals surface area contributed by atoms with Crippen LogP contribution in [0.2, 0.25) is 0 Å². The normalized spacial score (nSPS) is 17.5. The molecule has 0 radical (unpaired) electrons. The van der Waals surface area contributed by atoms with Crippen LogP contribution in [0, 0.1) is 0 Å². The molecule has 0 aliphatic carbocycles. The third kappa shape index (κ3) is 9.25. The lowest BCUT2D eigenvalue weighted by Crippen LogP contribution is -2.57. The molecule has 4 amide bonds. The van der Waals surface area contributed by atoms with E-state index in [1.54, 1.807) is 12.1 Å². The van der Waals surface area contributed by atoms with Gasteiger partial charge in [0.25, 0.3) is 0 Å². The third-order valence-electron chi connectivity index (χ3n) is 6.09. The van der Waals surface area contributed by atoms with Crippen LogP contribution >= 0.6 is 11.8 Å². The number of nitrogens with one attached hydrogen (secondary N) is 2. The van der Waals surface area contributed by atoms with Crippen molar-refractivity contribution in [3.8, 4) is 5.75 Å². The number of hydrogen-bond acceptors (Lipinski definition) is 8. The highest BCUT2D eigenvalue weighted by Crippen LogP contribution is 2.20. The summed E-state index contributed by atoms with van der Waals surface area (Å²) in [6.45, 7) is 0.230. The SMILES string of the molecule is CSCCC(N)C(=O)NC(CCC(N)=O)C(=O)N1CCCC1C(=O)NC(Cc1ccc(O)cc1)C(=O)O. The van der Waals surface area contributed by atoms with Gasteiger partial charge in [-0.05, 0) is 55.4 Å². The van der Waals surface area contributed by atoms with Gasteiger partial charge < -0.3 is 37.2 Å². The Labute approximate surface area is 219 Å². The average Bonchev–Trinajstić information content (AvgIpc) is 3.35. The minimum absolute atomic E-state index is 0.0206. The summed E-state index contributed by atoms with van der Waals surface area (Å²) in [4.78, 5) is 63.5. The molecule has 1 heterocycles. The van der Waals surface area contributed by atoms with Gasteiger partial charge in [-0.1, -0.05) is 12.1 Å². The monoisotopic (exact) mass is 537 g/mol. The number of amides is 4. The summed E-state index contributed by atoms with van der Waals surface area (Å²) in [5, 5.41) is 24.1. The van der Waals surface area contributed by atoms with E-state index in [1.165, 1.54) is 28.8 Å². The van der Waals surface area contributed by atoms with Gasteiger partial charge in [0.05, 0.1) is 6.04 Å². The second-order valence-electron chi connectivity index (χ2n) is 8.91. The van der Waals surface area contributed by atoms with E-state index in [9.17, 15) is 34.2 Å². The lowest BCUT2D eigenvalue weighted by Gasteiger charge is -2.30. The van der Waals surface area contributed by atoms with E-state index in [0.29, 0.717) is 30.6 Å². The molecule has 1 saturated heterocycles. The maximum absolute atomic E-state index is 13.4. The van der Waals surface area contributed by atoms with Gasteiger partial charge in [0, 0.05) is 19.4 Å². The maximum atomic E-state index is 13.4. The largest absolute Gasteiger partial charge is 0.508 e. The number of rotatable bonds is 14. The summed E-state index contributed by atoms with van der Waals surface area (Å²) in [6.07, 6.45) is 2.86. The summed E-state index contributed by atoms with van der Waals surface area (Å²) < 4.78 is 0. The number of nitrogens with two attached hydrogens (primary N) is 2. The number of carbonyl (C=O) groups excluding carboxylic acids is 4. The van der Waals surface area contributed by atoms with Crippen molar-refractivity contribution in [1.82, 2.24) is 15.5 Å². The summed E-state index contributed by atoms with van der Waals surface area (Å²) in [5.74, 6) is -2.95. The molecule has 37 heavy (non-hydrogen) atoms. The van der Waals surface area contributed by atoms with Gasteiger partial charge in [-0.15, -0.1) is 0 Å². The number of likely N-dealkylation sites (tertiary alicyclic amines) is 1. The number of carboxylic acids is 1. The molecule has 8 N–H and O–H groups in total. The van der Waals surface area contributed by atoms with Crippen molar-refractivity contribution in [3.63, 3.8) is 0 Å². The van der Waals surface area contributed by atoms with Crippen molar-refractivity contribution in [1.29, 1.82) is 0 Å².